The molecule has 400 valence electrons. The van der Waals surface area contributed by atoms with Crippen molar-refractivity contribution >= 4 is 63.6 Å². The lowest BCUT2D eigenvalue weighted by molar-refractivity contribution is 0.0934. The molecule has 1 unspecified atom stereocenters. The van der Waals surface area contributed by atoms with E-state index in [-0.39, 0.29) is 65.1 Å². The van der Waals surface area contributed by atoms with Crippen LogP contribution < -0.4 is 36.4 Å². The van der Waals surface area contributed by atoms with Crippen LogP contribution in [0.5, 0.6) is 0 Å². The van der Waals surface area contributed by atoms with E-state index in [1.165, 1.54) is 18.4 Å². The second-order valence-corrected chi connectivity index (χ2v) is 21.3. The van der Waals surface area contributed by atoms with Crippen LogP contribution in [0.4, 0.5) is 56.1 Å². The molecular formula is C54H60F4N12O5S. The van der Waals surface area contributed by atoms with E-state index in [2.05, 4.69) is 60.3 Å². The van der Waals surface area contributed by atoms with E-state index in [1.807, 2.05) is 61.7 Å². The fourth-order valence-corrected chi connectivity index (χ4v) is 9.16. The number of carbonyl (C=O) groups excluding carboxylic acids is 4. The number of aryl methyl sites for hydroxylation is 2. The van der Waals surface area contributed by atoms with Gasteiger partial charge in [0.25, 0.3) is 11.8 Å². The molecule has 22 heteroatoms. The third-order valence-corrected chi connectivity index (χ3v) is 12.7. The predicted octanol–water partition coefficient (Wildman–Crippen LogP) is 9.20. The zero-order valence-electron chi connectivity index (χ0n) is 44.0. The van der Waals surface area contributed by atoms with Gasteiger partial charge in [-0.2, -0.15) is 4.98 Å². The first-order valence-corrected chi connectivity index (χ1v) is 25.8. The van der Waals surface area contributed by atoms with Gasteiger partial charge in [0.2, 0.25) is 11.1 Å². The minimum atomic E-state index is -1.68. The summed E-state index contributed by atoms with van der Waals surface area (Å²) in [5, 5.41) is 14.2. The third kappa shape index (κ3) is 12.3. The van der Waals surface area contributed by atoms with E-state index in [1.54, 1.807) is 30.3 Å². The number of halogens is 4. The number of rotatable bonds is 14. The molecule has 17 nitrogen and oxygen atoms in total. The molecule has 8 rings (SSSR count). The van der Waals surface area contributed by atoms with Crippen molar-refractivity contribution in [3.63, 3.8) is 0 Å². The van der Waals surface area contributed by atoms with Crippen LogP contribution in [0.3, 0.4) is 0 Å². The lowest BCUT2D eigenvalue weighted by Crippen LogP contribution is -2.43. The van der Waals surface area contributed by atoms with E-state index >= 15 is 0 Å². The van der Waals surface area contributed by atoms with Crippen LogP contribution in [0.1, 0.15) is 84.5 Å². The zero-order chi connectivity index (χ0) is 55.5. The predicted molar refractivity (Wildman–Crippen MR) is 284 cm³/mol. The van der Waals surface area contributed by atoms with Crippen LogP contribution in [-0.4, -0.2) is 98.4 Å². The second kappa shape index (κ2) is 23.0. The fraction of sp³-hybridized carbons (Fsp3) is 0.333. The highest BCUT2D eigenvalue weighted by Crippen LogP contribution is 2.41. The average molecular weight is 1070 g/mol. The lowest BCUT2D eigenvalue weighted by atomic mass is 9.93. The molecule has 0 bridgehead atoms. The van der Waals surface area contributed by atoms with Gasteiger partial charge in [0.05, 0.1) is 35.3 Å². The maximum Gasteiger partial charge on any atom is 0.328 e. The summed E-state index contributed by atoms with van der Waals surface area (Å²) in [5.74, 6) is -4.08. The number of aromatic nitrogens is 4. The Balaban J connectivity index is 0.000000224. The quantitative estimate of drug-likeness (QED) is 0.0514. The zero-order valence-corrected chi connectivity index (χ0v) is 44.8. The number of nitrogens with zero attached hydrogens (tertiary/aromatic N) is 7. The topological polar surface area (TPSA) is 207 Å². The molecule has 2 aromatic heterocycles. The van der Waals surface area contributed by atoms with Crippen molar-refractivity contribution in [1.82, 2.24) is 46.1 Å². The summed E-state index contributed by atoms with van der Waals surface area (Å²) < 4.78 is 71.8. The molecule has 0 fully saturated rings. The summed E-state index contributed by atoms with van der Waals surface area (Å²) in [7, 11) is 2.29. The van der Waals surface area contributed by atoms with Crippen molar-refractivity contribution in [1.29, 1.82) is 0 Å². The van der Waals surface area contributed by atoms with Crippen molar-refractivity contribution in [3.05, 3.63) is 129 Å². The van der Waals surface area contributed by atoms with Crippen LogP contribution in [0.15, 0.2) is 78.0 Å². The molecule has 0 saturated carbocycles. The summed E-state index contributed by atoms with van der Waals surface area (Å²) in [4.78, 5) is 73.3. The molecule has 2 aliphatic rings. The highest BCUT2D eigenvalue weighted by Gasteiger charge is 2.37. The maximum atomic E-state index is 15.0. The molecular weight excluding hydrogens is 1000 g/mol. The standard InChI is InChI=1S/C30H37F2N7O2.C24H23F2N5O3S/c1-17(2)35-27(40)19-12-11-18(3)20(13-19)24-21-14-33-29(41)39(25-22(31)9-8-10-23(25)32)26(21)37-28(36-24)34-15-30(4,5)16-38(6)7;1-12(2)28-22(32)14-9-8-13(3)15(10-14)19-16-11-27-24(33)31(20-17(25)6-5-7-18(20)26)21(16)30-23(29-19)35(4)34/h8-13,17H,14-16H2,1-7H3,(H,33,41)(H,35,40)(H,34,36,37);5-10,12H,11H2,1-4H3,(H,27,33)(H,28,32). The van der Waals surface area contributed by atoms with E-state index < -0.39 is 57.5 Å². The molecule has 76 heavy (non-hydrogen) atoms. The molecule has 0 radical (unpaired) electrons. The fourth-order valence-electron chi connectivity index (χ4n) is 8.73. The van der Waals surface area contributed by atoms with Crippen molar-refractivity contribution in [2.75, 3.05) is 48.6 Å². The van der Waals surface area contributed by atoms with E-state index in [0.717, 1.165) is 51.7 Å². The number of anilines is 5. The van der Waals surface area contributed by atoms with E-state index in [0.29, 0.717) is 51.3 Å². The van der Waals surface area contributed by atoms with Crippen LogP contribution in [0.25, 0.3) is 22.5 Å². The number of fused-ring (bicyclic) bond motifs is 2. The number of hydrogen-bond acceptors (Lipinski definition) is 11. The van der Waals surface area contributed by atoms with Crippen LogP contribution in [-0.2, 0) is 23.9 Å². The summed E-state index contributed by atoms with van der Waals surface area (Å²) in [5.41, 5.74) is 3.84. The first-order chi connectivity index (χ1) is 35.8. The molecule has 0 saturated heterocycles. The molecule has 0 aliphatic carbocycles. The number of urea groups is 2. The Kier molecular flexibility index (Phi) is 16.9. The van der Waals surface area contributed by atoms with Gasteiger partial charge in [0.1, 0.15) is 34.6 Å². The smallest absolute Gasteiger partial charge is 0.328 e. The first kappa shape index (κ1) is 55.9. The Bertz CT molecular complexity index is 3240. The molecule has 0 spiro atoms. The molecule has 6 aromatic rings. The maximum absolute atomic E-state index is 15.0. The number of para-hydroxylation sites is 2. The monoisotopic (exact) mass is 1060 g/mol. The van der Waals surface area contributed by atoms with Crippen LogP contribution in [0.2, 0.25) is 0 Å². The number of hydrogen-bond donors (Lipinski definition) is 5. The van der Waals surface area contributed by atoms with Crippen LogP contribution in [0, 0.1) is 42.5 Å². The van der Waals surface area contributed by atoms with Gasteiger partial charge in [-0.25, -0.2) is 51.9 Å². The SMILES string of the molecule is Cc1ccc(C(=O)NC(C)C)cc1-c1nc(NCC(C)(C)CN(C)C)nc2c1CNC(=O)N2c1c(F)cccc1F.Cc1ccc(C(=O)NC(C)C)cc1-c1nc(S(C)=O)nc2c1CNC(=O)N2c1c(F)cccc1F. The molecule has 5 N–H and O–H groups in total. The highest BCUT2D eigenvalue weighted by molar-refractivity contribution is 7.84. The minimum absolute atomic E-state index is 0.0321. The molecule has 1 atom stereocenters. The van der Waals surface area contributed by atoms with Crippen molar-refractivity contribution in [3.8, 4) is 22.5 Å². The third-order valence-electron chi connectivity index (χ3n) is 12.0. The summed E-state index contributed by atoms with van der Waals surface area (Å²) >= 11 is 0. The summed E-state index contributed by atoms with van der Waals surface area (Å²) in [6.07, 6.45) is 1.36. The van der Waals surface area contributed by atoms with Gasteiger partial charge < -0.3 is 31.5 Å². The highest BCUT2D eigenvalue weighted by atomic mass is 32.2. The van der Waals surface area contributed by atoms with Gasteiger partial charge in [-0.15, -0.1) is 0 Å². The minimum Gasteiger partial charge on any atom is -0.354 e. The molecule has 4 heterocycles. The van der Waals surface area contributed by atoms with Gasteiger partial charge in [0, 0.05) is 64.8 Å². The summed E-state index contributed by atoms with van der Waals surface area (Å²) in [6, 6.07) is 15.4. The normalized spacial score (nSPS) is 13.6. The van der Waals surface area contributed by atoms with Crippen LogP contribution >= 0.6 is 0 Å². The van der Waals surface area contributed by atoms with E-state index in [9.17, 15) is 40.9 Å². The molecule has 4 aromatic carbocycles. The Morgan fingerprint density at radius 2 is 1.11 bits per heavy atom. The number of amides is 6. The Morgan fingerprint density at radius 1 is 0.684 bits per heavy atom. The summed E-state index contributed by atoms with van der Waals surface area (Å²) in [6.45, 7) is 16.6. The van der Waals surface area contributed by atoms with Gasteiger partial charge in [-0.1, -0.05) is 38.1 Å². The largest absolute Gasteiger partial charge is 0.354 e. The van der Waals surface area contributed by atoms with Gasteiger partial charge in [0.15, 0.2) is 11.6 Å². The van der Waals surface area contributed by atoms with Gasteiger partial charge >= 0.3 is 12.1 Å². The lowest BCUT2D eigenvalue weighted by Gasteiger charge is -2.32. The van der Waals surface area contributed by atoms with Crippen molar-refractivity contribution in [2.24, 2.45) is 5.41 Å². The number of carbonyl (C=O) groups is 4. The second-order valence-electron chi connectivity index (χ2n) is 20.0. The molecule has 6 amide bonds. The van der Waals surface area contributed by atoms with Gasteiger partial charge in [-0.05, 0) is 121 Å². The Hall–Kier alpha value is -7.85. The number of nitrogens with one attached hydrogen (secondary N) is 5. The Labute approximate surface area is 440 Å². The van der Waals surface area contributed by atoms with Crippen molar-refractivity contribution in [2.45, 2.75) is 85.7 Å². The molecule has 2 aliphatic heterocycles. The Morgan fingerprint density at radius 3 is 1.51 bits per heavy atom. The van der Waals surface area contributed by atoms with E-state index in [4.69, 9.17) is 4.98 Å². The van der Waals surface area contributed by atoms with Gasteiger partial charge in [-0.3, -0.25) is 13.8 Å². The van der Waals surface area contributed by atoms with Crippen molar-refractivity contribution < 1.29 is 40.9 Å². The average Bonchev–Trinajstić information content (AvgIpc) is 3.38. The number of benzene rings is 4. The first-order valence-electron chi connectivity index (χ1n) is 24.3.